The van der Waals surface area contributed by atoms with Crippen molar-refractivity contribution < 1.29 is 0 Å². The Balaban J connectivity index is 2.03. The minimum Gasteiger partial charge on any atom is -0.348 e. The molecule has 0 aliphatic carbocycles. The maximum Gasteiger partial charge on any atom is 0.120 e. The van der Waals surface area contributed by atoms with E-state index in [1.807, 2.05) is 18.5 Å². The van der Waals surface area contributed by atoms with Crippen molar-refractivity contribution >= 4 is 0 Å². The summed E-state index contributed by atoms with van der Waals surface area (Å²) >= 11 is 0. The average molecular weight is 230 g/mol. The number of hydrogen-bond acceptors (Lipinski definition) is 3. The maximum absolute atomic E-state index is 4.27. The molecular weight excluding hydrogens is 212 g/mol. The minimum atomic E-state index is 0.473. The molecule has 0 radical (unpaired) electrons. The number of aromatic amines is 1. The number of nitrogens with zero attached hydrogens (tertiary/aromatic N) is 3. The Labute approximate surface area is 102 Å². The Morgan fingerprint density at radius 3 is 2.76 bits per heavy atom. The molecule has 4 heteroatoms. The fourth-order valence-electron chi connectivity index (χ4n) is 1.72. The molecule has 0 aromatic carbocycles. The lowest BCUT2D eigenvalue weighted by Gasteiger charge is -2.25. The third-order valence-electron chi connectivity index (χ3n) is 2.75. The van der Waals surface area contributed by atoms with E-state index in [9.17, 15) is 0 Å². The van der Waals surface area contributed by atoms with Gasteiger partial charge >= 0.3 is 0 Å². The van der Waals surface area contributed by atoms with Gasteiger partial charge in [-0.1, -0.05) is 6.07 Å². The standard InChI is InChI=1S/C13H18N4/c1-11(2)17(10-13-15-6-7-16-13)9-12-4-3-5-14-8-12/h3-8,11H,9-10H2,1-2H3,(H,15,16). The lowest BCUT2D eigenvalue weighted by Crippen LogP contribution is -2.30. The van der Waals surface area contributed by atoms with Gasteiger partial charge in [0.2, 0.25) is 0 Å². The summed E-state index contributed by atoms with van der Waals surface area (Å²) in [7, 11) is 0. The van der Waals surface area contributed by atoms with Gasteiger partial charge in [-0.3, -0.25) is 9.88 Å². The van der Waals surface area contributed by atoms with Crippen LogP contribution in [0.2, 0.25) is 0 Å². The van der Waals surface area contributed by atoms with E-state index in [4.69, 9.17) is 0 Å². The monoisotopic (exact) mass is 230 g/mol. The fraction of sp³-hybridized carbons (Fsp3) is 0.385. The molecule has 90 valence electrons. The quantitative estimate of drug-likeness (QED) is 0.856. The molecule has 0 unspecified atom stereocenters. The molecule has 0 aliphatic rings. The van der Waals surface area contributed by atoms with Crippen LogP contribution in [0, 0.1) is 0 Å². The van der Waals surface area contributed by atoms with E-state index in [0.717, 1.165) is 18.9 Å². The molecule has 4 nitrogen and oxygen atoms in total. The predicted octanol–water partition coefficient (Wildman–Crippen LogP) is 2.22. The van der Waals surface area contributed by atoms with Crippen LogP contribution in [0.5, 0.6) is 0 Å². The first-order valence-corrected chi connectivity index (χ1v) is 5.87. The smallest absolute Gasteiger partial charge is 0.120 e. The van der Waals surface area contributed by atoms with Crippen LogP contribution in [0.25, 0.3) is 0 Å². The van der Waals surface area contributed by atoms with Gasteiger partial charge in [-0.15, -0.1) is 0 Å². The highest BCUT2D eigenvalue weighted by atomic mass is 15.2. The maximum atomic E-state index is 4.27. The van der Waals surface area contributed by atoms with Crippen LogP contribution in [-0.2, 0) is 13.1 Å². The first-order valence-electron chi connectivity index (χ1n) is 5.87. The van der Waals surface area contributed by atoms with Crippen molar-refractivity contribution in [1.29, 1.82) is 0 Å². The second kappa shape index (κ2) is 5.59. The number of aromatic nitrogens is 3. The van der Waals surface area contributed by atoms with Crippen molar-refractivity contribution in [2.45, 2.75) is 33.0 Å². The molecule has 0 bridgehead atoms. The molecule has 2 rings (SSSR count). The van der Waals surface area contributed by atoms with Gasteiger partial charge in [0.15, 0.2) is 0 Å². The summed E-state index contributed by atoms with van der Waals surface area (Å²) < 4.78 is 0. The molecule has 0 aliphatic heterocycles. The molecule has 1 N–H and O–H groups in total. The lowest BCUT2D eigenvalue weighted by molar-refractivity contribution is 0.199. The Bertz CT molecular complexity index is 422. The molecular formula is C13H18N4. The predicted molar refractivity (Wildman–Crippen MR) is 67.2 cm³/mol. The van der Waals surface area contributed by atoms with Gasteiger partial charge in [-0.05, 0) is 25.5 Å². The van der Waals surface area contributed by atoms with Crippen LogP contribution in [0.15, 0.2) is 36.9 Å². The lowest BCUT2D eigenvalue weighted by atomic mass is 10.2. The molecule has 0 saturated carbocycles. The van der Waals surface area contributed by atoms with Gasteiger partial charge in [-0.2, -0.15) is 0 Å². The number of rotatable bonds is 5. The van der Waals surface area contributed by atoms with Crippen LogP contribution >= 0.6 is 0 Å². The Morgan fingerprint density at radius 2 is 2.18 bits per heavy atom. The zero-order valence-electron chi connectivity index (χ0n) is 10.3. The molecule has 0 spiro atoms. The topological polar surface area (TPSA) is 44.8 Å². The molecule has 0 amide bonds. The highest BCUT2D eigenvalue weighted by Crippen LogP contribution is 2.10. The number of hydrogen-bond donors (Lipinski definition) is 1. The molecule has 17 heavy (non-hydrogen) atoms. The minimum absolute atomic E-state index is 0.473. The molecule has 0 atom stereocenters. The third-order valence-corrected chi connectivity index (χ3v) is 2.75. The first-order chi connectivity index (χ1) is 8.25. The third kappa shape index (κ3) is 3.39. The van der Waals surface area contributed by atoms with E-state index >= 15 is 0 Å². The van der Waals surface area contributed by atoms with E-state index in [1.54, 1.807) is 12.4 Å². The number of pyridine rings is 1. The van der Waals surface area contributed by atoms with Crippen LogP contribution in [0.1, 0.15) is 25.2 Å². The summed E-state index contributed by atoms with van der Waals surface area (Å²) in [5.74, 6) is 1.00. The van der Waals surface area contributed by atoms with Crippen molar-refractivity contribution in [2.24, 2.45) is 0 Å². The van der Waals surface area contributed by atoms with Crippen LogP contribution in [-0.4, -0.2) is 25.9 Å². The molecule has 0 fully saturated rings. The van der Waals surface area contributed by atoms with E-state index < -0.39 is 0 Å². The van der Waals surface area contributed by atoms with Gasteiger partial charge in [0, 0.05) is 37.4 Å². The Hall–Kier alpha value is -1.68. The van der Waals surface area contributed by atoms with Crippen molar-refractivity contribution in [3.8, 4) is 0 Å². The zero-order chi connectivity index (χ0) is 12.1. The molecule has 2 heterocycles. The highest BCUT2D eigenvalue weighted by molar-refractivity contribution is 5.08. The zero-order valence-corrected chi connectivity index (χ0v) is 10.3. The summed E-state index contributed by atoms with van der Waals surface area (Å²) in [6, 6.07) is 4.55. The van der Waals surface area contributed by atoms with Crippen molar-refractivity contribution in [1.82, 2.24) is 19.9 Å². The summed E-state index contributed by atoms with van der Waals surface area (Å²) in [5.41, 5.74) is 1.23. The Kier molecular flexibility index (Phi) is 3.88. The van der Waals surface area contributed by atoms with Gasteiger partial charge in [0.1, 0.15) is 5.82 Å². The van der Waals surface area contributed by atoms with E-state index in [-0.39, 0.29) is 0 Å². The SMILES string of the molecule is CC(C)N(Cc1cccnc1)Cc1ncc[nH]1. The van der Waals surface area contributed by atoms with Crippen molar-refractivity contribution in [2.75, 3.05) is 0 Å². The normalized spacial score (nSPS) is 11.3. The van der Waals surface area contributed by atoms with Gasteiger partial charge < -0.3 is 4.98 Å². The van der Waals surface area contributed by atoms with Crippen molar-refractivity contribution in [3.63, 3.8) is 0 Å². The Morgan fingerprint density at radius 1 is 1.29 bits per heavy atom. The number of nitrogens with one attached hydrogen (secondary N) is 1. The molecule has 2 aromatic heterocycles. The van der Waals surface area contributed by atoms with Gasteiger partial charge in [0.25, 0.3) is 0 Å². The van der Waals surface area contributed by atoms with Crippen LogP contribution in [0.4, 0.5) is 0 Å². The summed E-state index contributed by atoms with van der Waals surface area (Å²) in [6.07, 6.45) is 7.36. The summed E-state index contributed by atoms with van der Waals surface area (Å²) in [4.78, 5) is 13.9. The highest BCUT2D eigenvalue weighted by Gasteiger charge is 2.11. The molecule has 2 aromatic rings. The van der Waals surface area contributed by atoms with Crippen molar-refractivity contribution in [3.05, 3.63) is 48.3 Å². The van der Waals surface area contributed by atoms with E-state index in [1.165, 1.54) is 5.56 Å². The second-order valence-corrected chi connectivity index (χ2v) is 4.40. The van der Waals surface area contributed by atoms with Crippen LogP contribution in [0.3, 0.4) is 0 Å². The average Bonchev–Trinajstić information content (AvgIpc) is 2.82. The van der Waals surface area contributed by atoms with Gasteiger partial charge in [0.05, 0.1) is 6.54 Å². The number of imidazole rings is 1. The first kappa shape index (κ1) is 11.8. The van der Waals surface area contributed by atoms with Crippen LogP contribution < -0.4 is 0 Å². The summed E-state index contributed by atoms with van der Waals surface area (Å²) in [5, 5.41) is 0. The second-order valence-electron chi connectivity index (χ2n) is 4.40. The summed E-state index contributed by atoms with van der Waals surface area (Å²) in [6.45, 7) is 6.12. The number of H-pyrrole nitrogens is 1. The molecule has 0 saturated heterocycles. The fourth-order valence-corrected chi connectivity index (χ4v) is 1.72. The van der Waals surface area contributed by atoms with Gasteiger partial charge in [-0.25, -0.2) is 4.98 Å². The van der Waals surface area contributed by atoms with E-state index in [2.05, 4.69) is 39.8 Å². The van der Waals surface area contributed by atoms with E-state index in [0.29, 0.717) is 6.04 Å². The largest absolute Gasteiger partial charge is 0.348 e.